The van der Waals surface area contributed by atoms with Crippen LogP contribution in [0.25, 0.3) is 0 Å². The molecule has 0 unspecified atom stereocenters. The van der Waals surface area contributed by atoms with Crippen molar-refractivity contribution in [2.24, 2.45) is 0 Å². The number of hydrogen-bond acceptors (Lipinski definition) is 10. The molecule has 2 heterocycles. The quantitative estimate of drug-likeness (QED) is 0.0322. The minimum absolute atomic E-state index is 0. The van der Waals surface area contributed by atoms with Crippen LogP contribution >= 0.6 is 0 Å². The normalized spacial score (nSPS) is 16.7. The number of carbonyl (C=O) groups is 4. The van der Waals surface area contributed by atoms with Crippen LogP contribution in [0.1, 0.15) is 194 Å². The Labute approximate surface area is 349 Å². The summed E-state index contributed by atoms with van der Waals surface area (Å²) in [4.78, 5) is 47.0. The molecule has 0 aromatic carbocycles. The fourth-order valence-electron chi connectivity index (χ4n) is 6.61. The zero-order valence-electron chi connectivity index (χ0n) is 33.2. The Balaban J connectivity index is 0.00000100. The van der Waals surface area contributed by atoms with Crippen molar-refractivity contribution in [3.8, 4) is 0 Å². The van der Waals surface area contributed by atoms with Gasteiger partial charge in [-0.05, 0) is 12.8 Å². The van der Waals surface area contributed by atoms with Crippen LogP contribution < -0.4 is 10.2 Å². The van der Waals surface area contributed by atoms with Crippen LogP contribution in [0.3, 0.4) is 0 Å². The molecule has 0 amide bonds. The van der Waals surface area contributed by atoms with Crippen molar-refractivity contribution in [3.63, 3.8) is 0 Å². The summed E-state index contributed by atoms with van der Waals surface area (Å²) in [5.74, 6) is -3.99. The van der Waals surface area contributed by atoms with E-state index < -0.39 is 60.4 Å². The van der Waals surface area contributed by atoms with Crippen molar-refractivity contribution in [1.29, 1.82) is 0 Å². The number of carbonyl (C=O) groups excluding carboxylic acids is 4. The molecule has 10 nitrogen and oxygen atoms in total. The van der Waals surface area contributed by atoms with Gasteiger partial charge in [0.25, 0.3) is 0 Å². The summed E-state index contributed by atoms with van der Waals surface area (Å²) in [5, 5.41) is 41.4. The van der Waals surface area contributed by atoms with E-state index in [9.17, 15) is 29.4 Å². The molecule has 0 saturated heterocycles. The van der Waals surface area contributed by atoms with Crippen molar-refractivity contribution in [2.45, 2.75) is 206 Å². The second-order valence-electron chi connectivity index (χ2n) is 14.5. The summed E-state index contributed by atoms with van der Waals surface area (Å²) < 4.78 is 9.36. The number of unbranched alkanes of at least 4 members (excludes halogenated alkanes) is 24. The van der Waals surface area contributed by atoms with E-state index in [2.05, 4.69) is 23.3 Å². The number of ketones is 2. The van der Waals surface area contributed by atoms with Gasteiger partial charge in [0, 0.05) is 12.8 Å². The Morgan fingerprint density at radius 2 is 0.698 bits per heavy atom. The number of hydrogen-bond donors (Lipinski definition) is 2. The van der Waals surface area contributed by atoms with Crippen LogP contribution in [-0.4, -0.2) is 96.9 Å². The van der Waals surface area contributed by atoms with Crippen LogP contribution in [-0.2, 0) is 28.7 Å². The standard InChI is InChI=1S/2C21H36O5.Ca/c2*1-2-3-4-5-6-7-8-9-10-11-12-13-14-15-17(23)19-20(24)18(16-22)26-21(19)25;/h2*18,22,24H,2-16H2,1H3;/q;;+2/p-2/t2*18-;/m11./s1. The van der Waals surface area contributed by atoms with Crippen molar-refractivity contribution < 1.29 is 49.1 Å². The zero-order valence-corrected chi connectivity index (χ0v) is 35.4. The molecular formula is C42H70CaO10. The number of aliphatic hydroxyl groups excluding tert-OH is 2. The Kier molecular flexibility index (Phi) is 32.9. The molecule has 2 aliphatic heterocycles. The molecule has 2 aliphatic rings. The summed E-state index contributed by atoms with van der Waals surface area (Å²) in [6.45, 7) is 3.34. The van der Waals surface area contributed by atoms with Crippen molar-refractivity contribution in [2.75, 3.05) is 13.2 Å². The van der Waals surface area contributed by atoms with E-state index >= 15 is 0 Å². The number of ether oxygens (including phenoxy) is 2. The average Bonchev–Trinajstić information content (AvgIpc) is 3.60. The number of esters is 2. The predicted octanol–water partition coefficient (Wildman–Crippen LogP) is 6.76. The van der Waals surface area contributed by atoms with Gasteiger partial charge in [-0.15, -0.1) is 0 Å². The number of rotatable bonds is 32. The van der Waals surface area contributed by atoms with Gasteiger partial charge in [0.15, 0.2) is 11.6 Å². The molecule has 11 heteroatoms. The van der Waals surface area contributed by atoms with Gasteiger partial charge in [-0.25, -0.2) is 9.59 Å². The monoisotopic (exact) mass is 774 g/mol. The molecule has 2 N–H and O–H groups in total. The molecule has 53 heavy (non-hydrogen) atoms. The first-order valence-corrected chi connectivity index (χ1v) is 20.8. The fourth-order valence-corrected chi connectivity index (χ4v) is 6.61. The molecule has 0 radical (unpaired) electrons. The third-order valence-electron chi connectivity index (χ3n) is 9.89. The molecule has 0 bridgehead atoms. The summed E-state index contributed by atoms with van der Waals surface area (Å²) in [5.41, 5.74) is -0.772. The molecule has 0 spiro atoms. The maximum Gasteiger partial charge on any atom is 2.00 e. The molecule has 0 aromatic rings. The van der Waals surface area contributed by atoms with Gasteiger partial charge < -0.3 is 29.9 Å². The molecule has 2 atom stereocenters. The minimum atomic E-state index is -1.19. The van der Waals surface area contributed by atoms with E-state index in [4.69, 9.17) is 10.2 Å². The second-order valence-corrected chi connectivity index (χ2v) is 14.5. The third-order valence-corrected chi connectivity index (χ3v) is 9.89. The van der Waals surface area contributed by atoms with E-state index in [0.717, 1.165) is 25.7 Å². The predicted molar refractivity (Wildman–Crippen MR) is 204 cm³/mol. The zero-order chi connectivity index (χ0) is 38.4. The third kappa shape index (κ3) is 22.6. The van der Waals surface area contributed by atoms with Crippen molar-refractivity contribution in [3.05, 3.63) is 22.7 Å². The SMILES string of the molecule is CCCCCCCCCCCCCCCC(=O)C1=C([O-])[C@@H](CO)OC1=O.CCCCCCCCCCCCCCCC(=O)C1=C([O-])[C@@H](CO)OC1=O.[Ca+2]. The maximum absolute atomic E-state index is 12.0. The maximum atomic E-state index is 12.0. The van der Waals surface area contributed by atoms with E-state index in [1.165, 1.54) is 128 Å². The van der Waals surface area contributed by atoms with Gasteiger partial charge in [0.2, 0.25) is 0 Å². The minimum Gasteiger partial charge on any atom is -0.872 e. The Hall–Kier alpha value is -1.46. The fraction of sp³-hybridized carbons (Fsp3) is 0.810. The van der Waals surface area contributed by atoms with E-state index in [1.807, 2.05) is 0 Å². The number of Topliss-reactive ketones (excluding diaryl/α,β-unsaturated/α-hetero) is 2. The topological polar surface area (TPSA) is 173 Å². The van der Waals surface area contributed by atoms with E-state index in [1.54, 1.807) is 0 Å². The van der Waals surface area contributed by atoms with Crippen LogP contribution in [0.5, 0.6) is 0 Å². The molecular weight excluding hydrogens is 705 g/mol. The van der Waals surface area contributed by atoms with Gasteiger partial charge in [-0.1, -0.05) is 179 Å². The molecule has 0 aliphatic carbocycles. The molecule has 300 valence electrons. The molecule has 0 aromatic heterocycles. The van der Waals surface area contributed by atoms with Gasteiger partial charge in [0.1, 0.15) is 12.2 Å². The molecule has 0 saturated carbocycles. The summed E-state index contributed by atoms with van der Waals surface area (Å²) in [6, 6.07) is 0. The summed E-state index contributed by atoms with van der Waals surface area (Å²) >= 11 is 0. The van der Waals surface area contributed by atoms with E-state index in [-0.39, 0.29) is 61.7 Å². The largest absolute Gasteiger partial charge is 2.00 e. The van der Waals surface area contributed by atoms with Gasteiger partial charge in [-0.3, -0.25) is 9.59 Å². The number of cyclic esters (lactones) is 2. The van der Waals surface area contributed by atoms with Crippen LogP contribution in [0, 0.1) is 0 Å². The smallest absolute Gasteiger partial charge is 0.872 e. The Bertz CT molecular complexity index is 1000. The van der Waals surface area contributed by atoms with Crippen LogP contribution in [0.2, 0.25) is 0 Å². The Morgan fingerprint density at radius 3 is 0.906 bits per heavy atom. The van der Waals surface area contributed by atoms with Crippen LogP contribution in [0.4, 0.5) is 0 Å². The van der Waals surface area contributed by atoms with Crippen molar-refractivity contribution in [1.82, 2.24) is 0 Å². The first-order valence-electron chi connectivity index (χ1n) is 20.8. The number of aliphatic hydroxyl groups is 2. The molecule has 2 rings (SSSR count). The van der Waals surface area contributed by atoms with Gasteiger partial charge >= 0.3 is 49.7 Å². The van der Waals surface area contributed by atoms with Gasteiger partial charge in [-0.2, -0.15) is 0 Å². The Morgan fingerprint density at radius 1 is 0.472 bits per heavy atom. The summed E-state index contributed by atoms with van der Waals surface area (Å²) in [7, 11) is 0. The summed E-state index contributed by atoms with van der Waals surface area (Å²) in [6.07, 6.45) is 29.7. The van der Waals surface area contributed by atoms with Crippen LogP contribution in [0.15, 0.2) is 22.7 Å². The molecule has 0 fully saturated rings. The average molecular weight is 775 g/mol. The first-order chi connectivity index (χ1) is 25.2. The first kappa shape index (κ1) is 51.5. The second kappa shape index (κ2) is 33.8. The van der Waals surface area contributed by atoms with Crippen molar-refractivity contribution >= 4 is 61.2 Å². The van der Waals surface area contributed by atoms with E-state index in [0.29, 0.717) is 12.8 Å². The van der Waals surface area contributed by atoms with Gasteiger partial charge in [0.05, 0.1) is 24.4 Å².